The van der Waals surface area contributed by atoms with Crippen LogP contribution < -0.4 is 4.90 Å². The molecule has 0 radical (unpaired) electrons. The molecule has 4 nitrogen and oxygen atoms in total. The van der Waals surface area contributed by atoms with E-state index >= 15 is 0 Å². The molecule has 1 saturated heterocycles. The Hall–Kier alpha value is -1.31. The van der Waals surface area contributed by atoms with Gasteiger partial charge in [0.2, 0.25) is 0 Å². The SMILES string of the molecule is O=C(O)C1(C(F)(F)F)CCN(c2nccs2)C1. The molecule has 0 aromatic carbocycles. The van der Waals surface area contributed by atoms with Crippen molar-refractivity contribution < 1.29 is 23.1 Å². The molecule has 0 saturated carbocycles. The van der Waals surface area contributed by atoms with Crippen LogP contribution in [0.3, 0.4) is 0 Å². The molecule has 0 spiro atoms. The van der Waals surface area contributed by atoms with E-state index in [-0.39, 0.29) is 6.54 Å². The Bertz CT molecular complexity index is 420. The average Bonchev–Trinajstić information content (AvgIpc) is 2.86. The summed E-state index contributed by atoms with van der Waals surface area (Å²) in [5, 5.41) is 10.9. The molecule has 1 unspecified atom stereocenters. The van der Waals surface area contributed by atoms with Crippen molar-refractivity contribution in [2.75, 3.05) is 18.0 Å². The average molecular weight is 266 g/mol. The number of carbonyl (C=O) groups is 1. The molecular weight excluding hydrogens is 257 g/mol. The van der Waals surface area contributed by atoms with Crippen LogP contribution in [0, 0.1) is 5.41 Å². The molecule has 1 aromatic rings. The largest absolute Gasteiger partial charge is 0.481 e. The van der Waals surface area contributed by atoms with Crippen molar-refractivity contribution in [3.05, 3.63) is 11.6 Å². The van der Waals surface area contributed by atoms with Crippen molar-refractivity contribution >= 4 is 22.4 Å². The fourth-order valence-corrected chi connectivity index (χ4v) is 2.54. The van der Waals surface area contributed by atoms with Gasteiger partial charge in [0.05, 0.1) is 0 Å². The summed E-state index contributed by atoms with van der Waals surface area (Å²) in [5.74, 6) is -1.82. The molecule has 1 atom stereocenters. The van der Waals surface area contributed by atoms with Gasteiger partial charge in [0.15, 0.2) is 10.5 Å². The second kappa shape index (κ2) is 3.86. The predicted molar refractivity (Wildman–Crippen MR) is 55.1 cm³/mol. The molecule has 8 heteroatoms. The molecule has 1 aromatic heterocycles. The second-order valence-corrected chi connectivity index (χ2v) is 4.74. The van der Waals surface area contributed by atoms with Gasteiger partial charge in [-0.2, -0.15) is 13.2 Å². The number of thiazole rings is 1. The number of aromatic nitrogens is 1. The first kappa shape index (κ1) is 12.2. The Morgan fingerprint density at radius 3 is 2.71 bits per heavy atom. The molecule has 1 N–H and O–H groups in total. The lowest BCUT2D eigenvalue weighted by molar-refractivity contribution is -0.225. The summed E-state index contributed by atoms with van der Waals surface area (Å²) in [6, 6.07) is 0. The number of carboxylic acid groups (broad SMARTS) is 1. The van der Waals surface area contributed by atoms with Crippen LogP contribution in [0.15, 0.2) is 11.6 Å². The van der Waals surface area contributed by atoms with Crippen LogP contribution in [0.2, 0.25) is 0 Å². The predicted octanol–water partition coefficient (Wildman–Crippen LogP) is 1.99. The summed E-state index contributed by atoms with van der Waals surface area (Å²) in [5.41, 5.74) is -2.67. The fraction of sp³-hybridized carbons (Fsp3) is 0.556. The Labute approximate surface area is 98.7 Å². The third-order valence-corrected chi connectivity index (χ3v) is 3.74. The van der Waals surface area contributed by atoms with Gasteiger partial charge in [0, 0.05) is 24.7 Å². The standard InChI is InChI=1S/C9H9F3N2O2S/c10-9(11,12)8(6(15)16)1-3-14(5-8)7-13-2-4-17-7/h2,4H,1,3,5H2,(H,15,16). The highest BCUT2D eigenvalue weighted by molar-refractivity contribution is 7.13. The molecule has 1 aliphatic rings. The monoisotopic (exact) mass is 266 g/mol. The van der Waals surface area contributed by atoms with Gasteiger partial charge in [-0.25, -0.2) is 4.98 Å². The van der Waals surface area contributed by atoms with Crippen LogP contribution in [-0.2, 0) is 4.79 Å². The number of rotatable bonds is 2. The van der Waals surface area contributed by atoms with Crippen molar-refractivity contribution in [3.63, 3.8) is 0 Å². The summed E-state index contributed by atoms with van der Waals surface area (Å²) in [7, 11) is 0. The van der Waals surface area contributed by atoms with Crippen LogP contribution in [0.5, 0.6) is 0 Å². The van der Waals surface area contributed by atoms with Gasteiger partial charge in [-0.15, -0.1) is 11.3 Å². The van der Waals surface area contributed by atoms with Crippen LogP contribution in [-0.4, -0.2) is 35.3 Å². The van der Waals surface area contributed by atoms with Crippen LogP contribution in [0.25, 0.3) is 0 Å². The van der Waals surface area contributed by atoms with Crippen LogP contribution in [0.4, 0.5) is 18.3 Å². The maximum atomic E-state index is 12.9. The number of hydrogen-bond acceptors (Lipinski definition) is 4. The Kier molecular flexibility index (Phi) is 2.76. The molecule has 94 valence electrons. The molecule has 17 heavy (non-hydrogen) atoms. The van der Waals surface area contributed by atoms with Gasteiger partial charge < -0.3 is 10.0 Å². The molecular formula is C9H9F3N2O2S. The quantitative estimate of drug-likeness (QED) is 0.889. The molecule has 1 fully saturated rings. The number of anilines is 1. The zero-order chi connectivity index (χ0) is 12.7. The smallest absolute Gasteiger partial charge is 0.406 e. The van der Waals surface area contributed by atoms with Crippen LogP contribution >= 0.6 is 11.3 Å². The first-order valence-corrected chi connectivity index (χ1v) is 5.69. The minimum absolute atomic E-state index is 0.0549. The Balaban J connectivity index is 2.27. The molecule has 1 aliphatic heterocycles. The maximum absolute atomic E-state index is 12.9. The molecule has 2 heterocycles. The van der Waals surface area contributed by atoms with E-state index in [2.05, 4.69) is 4.98 Å². The van der Waals surface area contributed by atoms with E-state index in [1.165, 1.54) is 22.4 Å². The van der Waals surface area contributed by atoms with E-state index in [4.69, 9.17) is 5.11 Å². The first-order chi connectivity index (χ1) is 7.87. The van der Waals surface area contributed by atoms with Crippen molar-refractivity contribution in [1.82, 2.24) is 4.98 Å². The number of alkyl halides is 3. The highest BCUT2D eigenvalue weighted by Gasteiger charge is 2.63. The second-order valence-electron chi connectivity index (χ2n) is 3.87. The van der Waals surface area contributed by atoms with Gasteiger partial charge in [-0.05, 0) is 6.42 Å². The van der Waals surface area contributed by atoms with Gasteiger partial charge in [0.25, 0.3) is 0 Å². The summed E-state index contributed by atoms with van der Waals surface area (Å²) in [6.45, 7) is -0.515. The minimum Gasteiger partial charge on any atom is -0.481 e. The number of nitrogens with zero attached hydrogens (tertiary/aromatic N) is 2. The third-order valence-electron chi connectivity index (χ3n) is 2.91. The lowest BCUT2D eigenvalue weighted by Crippen LogP contribution is -2.47. The molecule has 0 bridgehead atoms. The third kappa shape index (κ3) is 1.86. The van der Waals surface area contributed by atoms with E-state index in [0.29, 0.717) is 5.13 Å². The highest BCUT2D eigenvalue weighted by Crippen LogP contribution is 2.46. The van der Waals surface area contributed by atoms with E-state index in [0.717, 1.165) is 0 Å². The number of aliphatic carboxylic acids is 1. The maximum Gasteiger partial charge on any atom is 0.406 e. The molecule has 2 rings (SSSR count). The minimum atomic E-state index is -4.75. The zero-order valence-corrected chi connectivity index (χ0v) is 9.38. The van der Waals surface area contributed by atoms with Crippen molar-refractivity contribution in [2.45, 2.75) is 12.6 Å². The summed E-state index contributed by atoms with van der Waals surface area (Å²) >= 11 is 1.20. The van der Waals surface area contributed by atoms with Crippen molar-refractivity contribution in [1.29, 1.82) is 0 Å². The van der Waals surface area contributed by atoms with E-state index in [1.54, 1.807) is 5.38 Å². The Morgan fingerprint density at radius 1 is 1.59 bits per heavy atom. The summed E-state index contributed by atoms with van der Waals surface area (Å²) < 4.78 is 38.6. The normalized spacial score (nSPS) is 25.2. The zero-order valence-electron chi connectivity index (χ0n) is 8.57. The molecule has 0 aliphatic carbocycles. The van der Waals surface area contributed by atoms with E-state index in [1.807, 2.05) is 0 Å². The number of hydrogen-bond donors (Lipinski definition) is 1. The fourth-order valence-electron chi connectivity index (χ4n) is 1.87. The van der Waals surface area contributed by atoms with E-state index < -0.39 is 30.5 Å². The van der Waals surface area contributed by atoms with Gasteiger partial charge >= 0.3 is 12.1 Å². The lowest BCUT2D eigenvalue weighted by Gasteiger charge is -2.27. The van der Waals surface area contributed by atoms with Gasteiger partial charge in [-0.1, -0.05) is 0 Å². The van der Waals surface area contributed by atoms with Crippen molar-refractivity contribution in [2.24, 2.45) is 5.41 Å². The number of halogens is 3. The topological polar surface area (TPSA) is 53.4 Å². The molecule has 0 amide bonds. The number of carboxylic acids is 1. The summed E-state index contributed by atoms with van der Waals surface area (Å²) in [6.07, 6.45) is -3.70. The van der Waals surface area contributed by atoms with Gasteiger partial charge in [0.1, 0.15) is 0 Å². The first-order valence-electron chi connectivity index (χ1n) is 4.81. The Morgan fingerprint density at radius 2 is 2.29 bits per heavy atom. The van der Waals surface area contributed by atoms with Crippen molar-refractivity contribution in [3.8, 4) is 0 Å². The highest BCUT2D eigenvalue weighted by atomic mass is 32.1. The van der Waals surface area contributed by atoms with E-state index in [9.17, 15) is 18.0 Å². The summed E-state index contributed by atoms with van der Waals surface area (Å²) in [4.78, 5) is 16.2. The van der Waals surface area contributed by atoms with Gasteiger partial charge in [-0.3, -0.25) is 4.79 Å². The van der Waals surface area contributed by atoms with Crippen LogP contribution in [0.1, 0.15) is 6.42 Å². The lowest BCUT2D eigenvalue weighted by atomic mass is 9.86.